The molecule has 0 bridgehead atoms. The van der Waals surface area contributed by atoms with Crippen LogP contribution in [0.5, 0.6) is 5.75 Å². The molecule has 0 saturated carbocycles. The molecule has 190 valence electrons. The molecule has 1 amide bonds. The van der Waals surface area contributed by atoms with Crippen LogP contribution in [0.4, 0.5) is 0 Å². The summed E-state index contributed by atoms with van der Waals surface area (Å²) in [7, 11) is 0. The molecular weight excluding hydrogens is 462 g/mol. The summed E-state index contributed by atoms with van der Waals surface area (Å²) in [4.78, 5) is 27.7. The highest BCUT2D eigenvalue weighted by Gasteiger charge is 2.26. The van der Waals surface area contributed by atoms with Crippen molar-refractivity contribution in [1.29, 1.82) is 0 Å². The number of amides is 1. The average molecular weight is 496 g/mol. The Hall–Kier alpha value is -3.90. The topological polar surface area (TPSA) is 63.6 Å². The number of ether oxygens (including phenoxy) is 1. The third-order valence-corrected chi connectivity index (χ3v) is 7.16. The van der Waals surface area contributed by atoms with E-state index in [0.717, 1.165) is 61.2 Å². The summed E-state index contributed by atoms with van der Waals surface area (Å²) in [5.41, 5.74) is 4.73. The second-order valence-electron chi connectivity index (χ2n) is 9.73. The standard InChI is InChI=1S/C31H33N3O3/c1-22-30(31(36)32-25-16-19-33(20-17-25)18-15-24-9-5-3-6-10-24)28-21-27(37-23(2)35)13-14-29(28)34(22)26-11-7-4-8-12-26/h3-14,21,25H,15-20H2,1-2H3,(H,32,36). The number of likely N-dealkylation sites (tertiary alicyclic amines) is 1. The van der Waals surface area contributed by atoms with Crippen molar-refractivity contribution in [3.63, 3.8) is 0 Å². The van der Waals surface area contributed by atoms with E-state index in [0.29, 0.717) is 11.3 Å². The van der Waals surface area contributed by atoms with Gasteiger partial charge in [-0.25, -0.2) is 0 Å². The summed E-state index contributed by atoms with van der Waals surface area (Å²) in [5.74, 6) is -0.0329. The zero-order chi connectivity index (χ0) is 25.8. The van der Waals surface area contributed by atoms with E-state index in [1.54, 1.807) is 12.1 Å². The van der Waals surface area contributed by atoms with Gasteiger partial charge in [0.1, 0.15) is 5.75 Å². The second kappa shape index (κ2) is 11.0. The zero-order valence-corrected chi connectivity index (χ0v) is 21.4. The number of aromatic nitrogens is 1. The van der Waals surface area contributed by atoms with Gasteiger partial charge in [0.05, 0.1) is 11.1 Å². The first-order chi connectivity index (χ1) is 18.0. The molecule has 1 aliphatic rings. The van der Waals surface area contributed by atoms with Gasteiger partial charge in [-0.05, 0) is 62.1 Å². The number of nitrogens with one attached hydrogen (secondary N) is 1. The number of para-hydroxylation sites is 1. The van der Waals surface area contributed by atoms with Gasteiger partial charge in [-0.1, -0.05) is 48.5 Å². The normalized spacial score (nSPS) is 14.5. The van der Waals surface area contributed by atoms with Crippen molar-refractivity contribution in [2.75, 3.05) is 19.6 Å². The fourth-order valence-corrected chi connectivity index (χ4v) is 5.31. The van der Waals surface area contributed by atoms with Crippen molar-refractivity contribution >= 4 is 22.8 Å². The van der Waals surface area contributed by atoms with Gasteiger partial charge in [0.15, 0.2) is 0 Å². The molecule has 0 atom stereocenters. The third-order valence-electron chi connectivity index (χ3n) is 7.16. The van der Waals surface area contributed by atoms with E-state index in [1.165, 1.54) is 12.5 Å². The Balaban J connectivity index is 1.34. The molecule has 5 rings (SSSR count). The largest absolute Gasteiger partial charge is 0.427 e. The first kappa shape index (κ1) is 24.8. The van der Waals surface area contributed by atoms with Crippen molar-refractivity contribution in [1.82, 2.24) is 14.8 Å². The monoisotopic (exact) mass is 495 g/mol. The number of benzene rings is 3. The van der Waals surface area contributed by atoms with E-state index in [9.17, 15) is 9.59 Å². The molecule has 2 heterocycles. The lowest BCUT2D eigenvalue weighted by Crippen LogP contribution is -2.45. The first-order valence-electron chi connectivity index (χ1n) is 13.0. The van der Waals surface area contributed by atoms with Crippen LogP contribution in [-0.2, 0) is 11.2 Å². The summed E-state index contributed by atoms with van der Waals surface area (Å²) >= 11 is 0. The summed E-state index contributed by atoms with van der Waals surface area (Å²) in [5, 5.41) is 4.08. The number of rotatable bonds is 7. The molecule has 6 nitrogen and oxygen atoms in total. The fraction of sp³-hybridized carbons (Fsp3) is 0.290. The maximum atomic E-state index is 13.7. The molecule has 0 aliphatic carbocycles. The van der Waals surface area contributed by atoms with Crippen LogP contribution in [0, 0.1) is 6.92 Å². The maximum absolute atomic E-state index is 13.7. The fourth-order valence-electron chi connectivity index (χ4n) is 5.31. The van der Waals surface area contributed by atoms with Crippen molar-refractivity contribution in [2.45, 2.75) is 39.2 Å². The van der Waals surface area contributed by atoms with Crippen LogP contribution in [0.15, 0.2) is 78.9 Å². The molecule has 1 fully saturated rings. The second-order valence-corrected chi connectivity index (χ2v) is 9.73. The van der Waals surface area contributed by atoms with Crippen molar-refractivity contribution in [2.24, 2.45) is 0 Å². The number of carbonyl (C=O) groups is 2. The van der Waals surface area contributed by atoms with Gasteiger partial charge >= 0.3 is 5.97 Å². The van der Waals surface area contributed by atoms with Crippen LogP contribution in [0.1, 0.15) is 41.4 Å². The highest BCUT2D eigenvalue weighted by atomic mass is 16.5. The van der Waals surface area contributed by atoms with E-state index < -0.39 is 0 Å². The van der Waals surface area contributed by atoms with Gasteiger partial charge in [0.25, 0.3) is 5.91 Å². The molecule has 4 aromatic rings. The molecular formula is C31H33N3O3. The Morgan fingerprint density at radius 1 is 0.946 bits per heavy atom. The number of hydrogen-bond acceptors (Lipinski definition) is 4. The highest BCUT2D eigenvalue weighted by Crippen LogP contribution is 2.32. The predicted molar refractivity (Wildman–Crippen MR) is 146 cm³/mol. The van der Waals surface area contributed by atoms with Crippen molar-refractivity contribution in [3.05, 3.63) is 95.7 Å². The molecule has 0 unspecified atom stereocenters. The van der Waals surface area contributed by atoms with E-state index >= 15 is 0 Å². The maximum Gasteiger partial charge on any atom is 0.308 e. The number of piperidine rings is 1. The van der Waals surface area contributed by atoms with Crippen LogP contribution in [0.2, 0.25) is 0 Å². The quantitative estimate of drug-likeness (QED) is 0.279. The molecule has 37 heavy (non-hydrogen) atoms. The molecule has 0 radical (unpaired) electrons. The van der Waals surface area contributed by atoms with Gasteiger partial charge in [0.2, 0.25) is 0 Å². The molecule has 1 N–H and O–H groups in total. The van der Waals surface area contributed by atoms with Gasteiger partial charge in [-0.2, -0.15) is 0 Å². The van der Waals surface area contributed by atoms with Gasteiger partial charge in [-0.3, -0.25) is 9.59 Å². The molecule has 6 heteroatoms. The summed E-state index contributed by atoms with van der Waals surface area (Å²) < 4.78 is 7.43. The van der Waals surface area contributed by atoms with Crippen LogP contribution in [-0.4, -0.2) is 47.0 Å². The number of esters is 1. The first-order valence-corrected chi connectivity index (χ1v) is 13.0. The van der Waals surface area contributed by atoms with Gasteiger partial charge in [0, 0.05) is 49.4 Å². The van der Waals surface area contributed by atoms with E-state index in [2.05, 4.69) is 39.0 Å². The molecule has 1 aliphatic heterocycles. The van der Waals surface area contributed by atoms with Crippen LogP contribution in [0.25, 0.3) is 16.6 Å². The number of hydrogen-bond donors (Lipinski definition) is 1. The lowest BCUT2D eigenvalue weighted by Gasteiger charge is -2.32. The predicted octanol–water partition coefficient (Wildman–Crippen LogP) is 5.30. The van der Waals surface area contributed by atoms with E-state index in [1.807, 2.05) is 49.4 Å². The zero-order valence-electron chi connectivity index (χ0n) is 21.4. The smallest absolute Gasteiger partial charge is 0.308 e. The average Bonchev–Trinajstić information content (AvgIpc) is 3.20. The third kappa shape index (κ3) is 5.59. The number of carbonyl (C=O) groups excluding carboxylic acids is 2. The van der Waals surface area contributed by atoms with Crippen LogP contribution < -0.4 is 10.1 Å². The molecule has 1 aromatic heterocycles. The highest BCUT2D eigenvalue weighted by molar-refractivity contribution is 6.09. The Bertz CT molecular complexity index is 1390. The summed E-state index contributed by atoms with van der Waals surface area (Å²) in [6, 6.07) is 26.2. The Labute approximate surface area is 217 Å². The van der Waals surface area contributed by atoms with Crippen molar-refractivity contribution in [3.8, 4) is 11.4 Å². The minimum absolute atomic E-state index is 0.0834. The molecule has 0 spiro atoms. The lowest BCUT2D eigenvalue weighted by atomic mass is 10.0. The Morgan fingerprint density at radius 2 is 1.62 bits per heavy atom. The van der Waals surface area contributed by atoms with Crippen LogP contribution >= 0.6 is 0 Å². The Kier molecular flexibility index (Phi) is 7.37. The number of nitrogens with zero attached hydrogens (tertiary/aromatic N) is 2. The van der Waals surface area contributed by atoms with Crippen molar-refractivity contribution < 1.29 is 14.3 Å². The van der Waals surface area contributed by atoms with E-state index in [-0.39, 0.29) is 17.9 Å². The van der Waals surface area contributed by atoms with Gasteiger partial charge in [-0.15, -0.1) is 0 Å². The van der Waals surface area contributed by atoms with E-state index in [4.69, 9.17) is 4.74 Å². The van der Waals surface area contributed by atoms with Crippen LogP contribution in [0.3, 0.4) is 0 Å². The van der Waals surface area contributed by atoms with Gasteiger partial charge < -0.3 is 19.5 Å². The molecule has 3 aromatic carbocycles. The SMILES string of the molecule is CC(=O)Oc1ccc2c(c1)c(C(=O)NC1CCN(CCc3ccccc3)CC1)c(C)n2-c1ccccc1. The number of fused-ring (bicyclic) bond motifs is 1. The summed E-state index contributed by atoms with van der Waals surface area (Å²) in [6.07, 6.45) is 2.89. The molecule has 1 saturated heterocycles. The Morgan fingerprint density at radius 3 is 2.30 bits per heavy atom. The minimum atomic E-state index is -0.386. The summed E-state index contributed by atoms with van der Waals surface area (Å²) in [6.45, 7) is 6.33. The lowest BCUT2D eigenvalue weighted by molar-refractivity contribution is -0.131. The minimum Gasteiger partial charge on any atom is -0.427 e.